The van der Waals surface area contributed by atoms with Crippen LogP contribution in [0.5, 0.6) is 0 Å². The Kier molecular flexibility index (Phi) is 3.95. The van der Waals surface area contributed by atoms with Crippen LogP contribution in [0.1, 0.15) is 26.3 Å². The molecule has 0 unspecified atom stereocenters. The van der Waals surface area contributed by atoms with E-state index in [1.165, 1.54) is 0 Å². The molecule has 1 rings (SSSR count). The van der Waals surface area contributed by atoms with Crippen molar-refractivity contribution >= 4 is 17.2 Å². The number of aliphatic hydroxyl groups is 1. The Labute approximate surface area is 102 Å². The summed E-state index contributed by atoms with van der Waals surface area (Å²) in [6.07, 6.45) is 1.88. The molecule has 0 aromatic heterocycles. The molecule has 0 heterocycles. The molecule has 0 saturated heterocycles. The van der Waals surface area contributed by atoms with E-state index in [9.17, 15) is 5.11 Å². The first kappa shape index (κ1) is 13.0. The third-order valence-corrected chi connectivity index (χ3v) is 2.42. The van der Waals surface area contributed by atoms with Crippen LogP contribution in [0.3, 0.4) is 0 Å². The molecule has 1 aromatic carbocycles. The topological polar surface area (TPSA) is 20.2 Å². The van der Waals surface area contributed by atoms with Gasteiger partial charge in [0, 0.05) is 5.02 Å². The highest BCUT2D eigenvalue weighted by atomic mass is 35.5. The molecule has 0 bridgehead atoms. The van der Waals surface area contributed by atoms with Gasteiger partial charge in [0.2, 0.25) is 0 Å². The van der Waals surface area contributed by atoms with Crippen molar-refractivity contribution in [2.24, 2.45) is 0 Å². The SMILES string of the molecule is C=C(C)/C=C(/c1cccc(Cl)c1)C(C)(C)O. The van der Waals surface area contributed by atoms with Crippen LogP contribution in [-0.4, -0.2) is 10.7 Å². The van der Waals surface area contributed by atoms with E-state index in [0.717, 1.165) is 16.7 Å². The van der Waals surface area contributed by atoms with Gasteiger partial charge in [0.1, 0.15) is 0 Å². The first-order valence-electron chi connectivity index (χ1n) is 5.16. The number of hydrogen-bond donors (Lipinski definition) is 1. The normalized spacial score (nSPS) is 12.7. The van der Waals surface area contributed by atoms with Crippen LogP contribution < -0.4 is 0 Å². The maximum atomic E-state index is 10.1. The molecule has 0 amide bonds. The van der Waals surface area contributed by atoms with E-state index in [1.807, 2.05) is 37.3 Å². The average molecular weight is 237 g/mol. The summed E-state index contributed by atoms with van der Waals surface area (Å²) < 4.78 is 0. The molecule has 2 heteroatoms. The second-order valence-electron chi connectivity index (χ2n) is 4.47. The molecule has 16 heavy (non-hydrogen) atoms. The molecule has 0 aliphatic rings. The lowest BCUT2D eigenvalue weighted by molar-refractivity contribution is 0.144. The second-order valence-corrected chi connectivity index (χ2v) is 4.91. The van der Waals surface area contributed by atoms with E-state index in [4.69, 9.17) is 11.6 Å². The zero-order valence-electron chi connectivity index (χ0n) is 9.92. The molecule has 1 aromatic rings. The Morgan fingerprint density at radius 1 is 1.44 bits per heavy atom. The van der Waals surface area contributed by atoms with Crippen molar-refractivity contribution in [1.82, 2.24) is 0 Å². The molecule has 0 aliphatic carbocycles. The highest BCUT2D eigenvalue weighted by molar-refractivity contribution is 6.30. The fourth-order valence-corrected chi connectivity index (χ4v) is 1.71. The third kappa shape index (κ3) is 3.51. The van der Waals surface area contributed by atoms with Crippen LogP contribution in [0.25, 0.3) is 5.57 Å². The number of halogens is 1. The van der Waals surface area contributed by atoms with E-state index in [1.54, 1.807) is 13.8 Å². The van der Waals surface area contributed by atoms with Crippen molar-refractivity contribution in [2.45, 2.75) is 26.4 Å². The lowest BCUT2D eigenvalue weighted by Gasteiger charge is -2.22. The summed E-state index contributed by atoms with van der Waals surface area (Å²) in [6, 6.07) is 7.45. The van der Waals surface area contributed by atoms with E-state index in [2.05, 4.69) is 6.58 Å². The fraction of sp³-hybridized carbons (Fsp3) is 0.286. The van der Waals surface area contributed by atoms with Crippen LogP contribution >= 0.6 is 11.6 Å². The first-order valence-corrected chi connectivity index (χ1v) is 5.54. The van der Waals surface area contributed by atoms with Gasteiger partial charge in [-0.1, -0.05) is 42.0 Å². The zero-order valence-corrected chi connectivity index (χ0v) is 10.7. The first-order chi connectivity index (χ1) is 7.30. The summed E-state index contributed by atoms with van der Waals surface area (Å²) in [7, 11) is 0. The zero-order chi connectivity index (χ0) is 12.3. The van der Waals surface area contributed by atoms with Crippen LogP contribution in [0.15, 0.2) is 42.5 Å². The predicted molar refractivity (Wildman–Crippen MR) is 70.5 cm³/mol. The van der Waals surface area contributed by atoms with Crippen LogP contribution in [0.2, 0.25) is 5.02 Å². The van der Waals surface area contributed by atoms with Crippen LogP contribution in [0.4, 0.5) is 0 Å². The fourth-order valence-electron chi connectivity index (χ4n) is 1.52. The van der Waals surface area contributed by atoms with Crippen molar-refractivity contribution in [3.05, 3.63) is 53.1 Å². The Bertz CT molecular complexity index is 425. The molecular weight excluding hydrogens is 220 g/mol. The standard InChI is InChI=1S/C14H17ClO/c1-10(2)8-13(14(3,4)16)11-6-5-7-12(15)9-11/h5-9,16H,1H2,2-4H3/b13-8-. The maximum Gasteiger partial charge on any atom is 0.0846 e. The van der Waals surface area contributed by atoms with Gasteiger partial charge in [0.05, 0.1) is 5.60 Å². The number of allylic oxidation sites excluding steroid dienone is 2. The summed E-state index contributed by atoms with van der Waals surface area (Å²) in [4.78, 5) is 0. The van der Waals surface area contributed by atoms with Crippen molar-refractivity contribution < 1.29 is 5.11 Å². The van der Waals surface area contributed by atoms with Gasteiger partial charge >= 0.3 is 0 Å². The number of hydrogen-bond acceptors (Lipinski definition) is 1. The second kappa shape index (κ2) is 4.86. The molecule has 1 N–H and O–H groups in total. The van der Waals surface area contributed by atoms with E-state index < -0.39 is 5.60 Å². The van der Waals surface area contributed by atoms with E-state index in [0.29, 0.717) is 5.02 Å². The summed E-state index contributed by atoms with van der Waals surface area (Å²) >= 11 is 5.94. The highest BCUT2D eigenvalue weighted by Crippen LogP contribution is 2.29. The van der Waals surface area contributed by atoms with Crippen LogP contribution in [0, 0.1) is 0 Å². The van der Waals surface area contributed by atoms with Crippen LogP contribution in [-0.2, 0) is 0 Å². The van der Waals surface area contributed by atoms with Crippen molar-refractivity contribution in [2.75, 3.05) is 0 Å². The van der Waals surface area contributed by atoms with Crippen molar-refractivity contribution in [3.63, 3.8) is 0 Å². The molecular formula is C14H17ClO. The molecule has 1 nitrogen and oxygen atoms in total. The number of rotatable bonds is 3. The van der Waals surface area contributed by atoms with Gasteiger partial charge in [0.15, 0.2) is 0 Å². The minimum atomic E-state index is -0.913. The van der Waals surface area contributed by atoms with Gasteiger partial charge in [-0.05, 0) is 44.0 Å². The quantitative estimate of drug-likeness (QED) is 0.785. The molecule has 0 saturated carbocycles. The minimum absolute atomic E-state index is 0.661. The Balaban J connectivity index is 3.28. The van der Waals surface area contributed by atoms with Gasteiger partial charge in [-0.15, -0.1) is 0 Å². The van der Waals surface area contributed by atoms with Gasteiger partial charge in [-0.3, -0.25) is 0 Å². The maximum absolute atomic E-state index is 10.1. The Morgan fingerprint density at radius 2 is 2.06 bits per heavy atom. The van der Waals surface area contributed by atoms with Gasteiger partial charge in [-0.2, -0.15) is 0 Å². The monoisotopic (exact) mass is 236 g/mol. The van der Waals surface area contributed by atoms with E-state index in [-0.39, 0.29) is 0 Å². The molecule has 86 valence electrons. The van der Waals surface area contributed by atoms with Gasteiger partial charge in [-0.25, -0.2) is 0 Å². The van der Waals surface area contributed by atoms with Gasteiger partial charge < -0.3 is 5.11 Å². The molecule has 0 spiro atoms. The third-order valence-electron chi connectivity index (χ3n) is 2.19. The summed E-state index contributed by atoms with van der Waals surface area (Å²) in [5.41, 5.74) is 1.73. The lowest BCUT2D eigenvalue weighted by Crippen LogP contribution is -2.21. The van der Waals surface area contributed by atoms with Crippen molar-refractivity contribution in [3.8, 4) is 0 Å². The van der Waals surface area contributed by atoms with Gasteiger partial charge in [0.25, 0.3) is 0 Å². The average Bonchev–Trinajstić information content (AvgIpc) is 2.12. The molecule has 0 radical (unpaired) electrons. The summed E-state index contributed by atoms with van der Waals surface area (Å²) in [5, 5.41) is 10.8. The Hall–Kier alpha value is -1.05. The summed E-state index contributed by atoms with van der Waals surface area (Å²) in [5.74, 6) is 0. The van der Waals surface area contributed by atoms with E-state index >= 15 is 0 Å². The highest BCUT2D eigenvalue weighted by Gasteiger charge is 2.20. The van der Waals surface area contributed by atoms with Crippen molar-refractivity contribution in [1.29, 1.82) is 0 Å². The Morgan fingerprint density at radius 3 is 2.50 bits per heavy atom. The largest absolute Gasteiger partial charge is 0.386 e. The lowest BCUT2D eigenvalue weighted by atomic mass is 9.90. The molecule has 0 fully saturated rings. The molecule has 0 atom stereocenters. The number of benzene rings is 1. The minimum Gasteiger partial charge on any atom is -0.386 e. The molecule has 0 aliphatic heterocycles. The smallest absolute Gasteiger partial charge is 0.0846 e. The summed E-state index contributed by atoms with van der Waals surface area (Å²) in [6.45, 7) is 9.24. The predicted octanol–water partition coefficient (Wildman–Crippen LogP) is 4.07.